The number of piperidine rings is 1. The Kier molecular flexibility index (Phi) is 7.85. The molecule has 33 heavy (non-hydrogen) atoms. The lowest BCUT2D eigenvalue weighted by molar-refractivity contribution is -0.0307. The van der Waals surface area contributed by atoms with Gasteiger partial charge in [-0.1, -0.05) is 18.2 Å². The maximum atomic E-state index is 13.4. The summed E-state index contributed by atoms with van der Waals surface area (Å²) in [5.41, 5.74) is 3.31. The fourth-order valence-electron chi connectivity index (χ4n) is 4.69. The largest absolute Gasteiger partial charge is 0.382 e. The Hall–Kier alpha value is -2.61. The molecule has 1 fully saturated rings. The number of pyridine rings is 1. The molecule has 0 amide bonds. The summed E-state index contributed by atoms with van der Waals surface area (Å²) in [4.78, 5) is 19.9. The van der Waals surface area contributed by atoms with E-state index in [1.54, 1.807) is 17.7 Å². The van der Waals surface area contributed by atoms with Crippen LogP contribution in [0.3, 0.4) is 0 Å². The van der Waals surface area contributed by atoms with Crippen molar-refractivity contribution in [2.75, 3.05) is 40.0 Å². The predicted octanol–water partition coefficient (Wildman–Crippen LogP) is 3.80. The highest BCUT2D eigenvalue weighted by atomic mass is 19.1. The van der Waals surface area contributed by atoms with Crippen LogP contribution < -0.4 is 5.56 Å². The van der Waals surface area contributed by atoms with Crippen LogP contribution in [-0.4, -0.2) is 54.2 Å². The van der Waals surface area contributed by atoms with Gasteiger partial charge in [-0.15, -0.1) is 0 Å². The second kappa shape index (κ2) is 11.0. The molecule has 7 heteroatoms. The van der Waals surface area contributed by atoms with Crippen LogP contribution >= 0.6 is 0 Å². The van der Waals surface area contributed by atoms with Crippen molar-refractivity contribution in [3.8, 4) is 0 Å². The van der Waals surface area contributed by atoms with Crippen LogP contribution in [0.15, 0.2) is 53.5 Å². The van der Waals surface area contributed by atoms with Gasteiger partial charge < -0.3 is 14.4 Å². The third kappa shape index (κ3) is 5.66. The molecule has 1 aliphatic heterocycles. The van der Waals surface area contributed by atoms with Gasteiger partial charge in [0.05, 0.1) is 19.3 Å². The predicted molar refractivity (Wildman–Crippen MR) is 126 cm³/mol. The summed E-state index contributed by atoms with van der Waals surface area (Å²) in [5.74, 6) is 0.122. The van der Waals surface area contributed by atoms with Gasteiger partial charge in [-0.05, 0) is 75.0 Å². The highest BCUT2D eigenvalue weighted by molar-refractivity contribution is 5.40. The molecule has 0 saturated carbocycles. The Balaban J connectivity index is 1.38. The summed E-state index contributed by atoms with van der Waals surface area (Å²) < 4.78 is 26.4. The number of nitrogens with zero attached hydrogens (tertiary/aromatic N) is 3. The molecule has 0 bridgehead atoms. The van der Waals surface area contributed by atoms with Crippen LogP contribution in [0.25, 0.3) is 5.65 Å². The third-order valence-corrected chi connectivity index (χ3v) is 6.56. The summed E-state index contributed by atoms with van der Waals surface area (Å²) in [6.45, 7) is 5.67. The molecule has 1 atom stereocenters. The van der Waals surface area contributed by atoms with E-state index in [4.69, 9.17) is 9.47 Å². The lowest BCUT2D eigenvalue weighted by atomic mass is 9.87. The first-order valence-corrected chi connectivity index (χ1v) is 11.6. The smallest absolute Gasteiger partial charge is 0.261 e. The zero-order valence-electron chi connectivity index (χ0n) is 19.4. The van der Waals surface area contributed by atoms with E-state index < -0.39 is 0 Å². The second-order valence-electron chi connectivity index (χ2n) is 8.67. The molecule has 2 aromatic heterocycles. The third-order valence-electron chi connectivity index (χ3n) is 6.56. The van der Waals surface area contributed by atoms with Crippen LogP contribution in [0.1, 0.15) is 35.8 Å². The van der Waals surface area contributed by atoms with Crippen molar-refractivity contribution in [2.45, 2.75) is 32.3 Å². The SMILES string of the molecule is COCCO[C@@H](c1ccc(F)cc1)C1CCN(CCc2c(C)nc3ccccn3c2=O)CC1. The Labute approximate surface area is 194 Å². The number of benzene rings is 1. The van der Waals surface area contributed by atoms with E-state index in [2.05, 4.69) is 9.88 Å². The number of halogens is 1. The molecule has 1 saturated heterocycles. The number of hydrogen-bond donors (Lipinski definition) is 0. The Bertz CT molecular complexity index is 1110. The highest BCUT2D eigenvalue weighted by Gasteiger charge is 2.28. The Morgan fingerprint density at radius 3 is 2.61 bits per heavy atom. The molecular weight excluding hydrogens is 421 g/mol. The fourth-order valence-corrected chi connectivity index (χ4v) is 4.69. The summed E-state index contributed by atoms with van der Waals surface area (Å²) in [7, 11) is 1.66. The summed E-state index contributed by atoms with van der Waals surface area (Å²) >= 11 is 0. The van der Waals surface area contributed by atoms with Gasteiger partial charge in [-0.3, -0.25) is 9.20 Å². The van der Waals surface area contributed by atoms with Gasteiger partial charge in [0.2, 0.25) is 0 Å². The molecular formula is C26H32FN3O3. The molecule has 0 aliphatic carbocycles. The second-order valence-corrected chi connectivity index (χ2v) is 8.67. The van der Waals surface area contributed by atoms with Crippen molar-refractivity contribution < 1.29 is 13.9 Å². The standard InChI is InChI=1S/C26H32FN3O3/c1-19-23(26(31)30-13-4-3-5-24(30)28-19)12-16-29-14-10-21(11-15-29)25(33-18-17-32-2)20-6-8-22(27)9-7-20/h3-9,13,21,25H,10-12,14-18H2,1-2H3/t25-/m0/s1. The average molecular weight is 454 g/mol. The minimum atomic E-state index is -0.237. The topological polar surface area (TPSA) is 56.1 Å². The summed E-state index contributed by atoms with van der Waals surface area (Å²) in [6, 6.07) is 12.2. The molecule has 0 unspecified atom stereocenters. The normalized spacial score (nSPS) is 16.3. The molecule has 0 N–H and O–H groups in total. The van der Waals surface area contributed by atoms with Gasteiger partial charge in [0, 0.05) is 31.1 Å². The van der Waals surface area contributed by atoms with Crippen LogP contribution in [0.4, 0.5) is 4.39 Å². The first-order valence-electron chi connectivity index (χ1n) is 11.6. The van der Waals surface area contributed by atoms with E-state index in [1.807, 2.05) is 37.3 Å². The van der Waals surface area contributed by atoms with E-state index in [9.17, 15) is 9.18 Å². The number of aromatic nitrogens is 2. The van der Waals surface area contributed by atoms with E-state index in [0.29, 0.717) is 31.2 Å². The minimum Gasteiger partial charge on any atom is -0.382 e. The molecule has 0 spiro atoms. The zero-order chi connectivity index (χ0) is 23.2. The summed E-state index contributed by atoms with van der Waals surface area (Å²) in [6.07, 6.45) is 4.37. The molecule has 4 rings (SSSR count). The molecule has 3 heterocycles. The highest BCUT2D eigenvalue weighted by Crippen LogP contribution is 2.34. The van der Waals surface area contributed by atoms with Crippen molar-refractivity contribution in [3.05, 3.63) is 81.7 Å². The number of aryl methyl sites for hydroxylation is 1. The fraction of sp³-hybridized carbons (Fsp3) is 0.462. The van der Waals surface area contributed by atoms with E-state index in [1.165, 1.54) is 12.1 Å². The molecule has 1 aliphatic rings. The number of ether oxygens (including phenoxy) is 2. The van der Waals surface area contributed by atoms with Crippen LogP contribution in [0, 0.1) is 18.7 Å². The van der Waals surface area contributed by atoms with Gasteiger partial charge in [-0.25, -0.2) is 9.37 Å². The monoisotopic (exact) mass is 453 g/mol. The molecule has 1 aromatic carbocycles. The zero-order valence-corrected chi connectivity index (χ0v) is 19.4. The molecule has 3 aromatic rings. The van der Waals surface area contributed by atoms with Crippen LogP contribution in [0.2, 0.25) is 0 Å². The van der Waals surface area contributed by atoms with E-state index in [0.717, 1.165) is 49.3 Å². The molecule has 0 radical (unpaired) electrons. The van der Waals surface area contributed by atoms with Crippen molar-refractivity contribution in [3.63, 3.8) is 0 Å². The number of rotatable bonds is 9. The maximum Gasteiger partial charge on any atom is 0.261 e. The molecule has 6 nitrogen and oxygen atoms in total. The van der Waals surface area contributed by atoms with Gasteiger partial charge in [-0.2, -0.15) is 0 Å². The summed E-state index contributed by atoms with van der Waals surface area (Å²) in [5, 5.41) is 0. The van der Waals surface area contributed by atoms with Crippen molar-refractivity contribution in [1.82, 2.24) is 14.3 Å². The van der Waals surface area contributed by atoms with Crippen molar-refractivity contribution >= 4 is 5.65 Å². The van der Waals surface area contributed by atoms with Crippen molar-refractivity contribution in [1.29, 1.82) is 0 Å². The van der Waals surface area contributed by atoms with Gasteiger partial charge in [0.25, 0.3) is 5.56 Å². The van der Waals surface area contributed by atoms with E-state index in [-0.39, 0.29) is 17.5 Å². The molecule has 176 valence electrons. The Morgan fingerprint density at radius 2 is 1.88 bits per heavy atom. The van der Waals surface area contributed by atoms with E-state index >= 15 is 0 Å². The number of methoxy groups -OCH3 is 1. The quantitative estimate of drug-likeness (QED) is 0.462. The Morgan fingerprint density at radius 1 is 1.12 bits per heavy atom. The maximum absolute atomic E-state index is 13.4. The van der Waals surface area contributed by atoms with Crippen molar-refractivity contribution in [2.24, 2.45) is 5.92 Å². The number of hydrogen-bond acceptors (Lipinski definition) is 5. The van der Waals surface area contributed by atoms with Gasteiger partial charge in [0.15, 0.2) is 0 Å². The number of likely N-dealkylation sites (tertiary alicyclic amines) is 1. The van der Waals surface area contributed by atoms with Crippen LogP contribution in [-0.2, 0) is 15.9 Å². The first kappa shape index (κ1) is 23.5. The average Bonchev–Trinajstić information content (AvgIpc) is 2.83. The lowest BCUT2D eigenvalue weighted by Crippen LogP contribution is -2.38. The van der Waals surface area contributed by atoms with Crippen LogP contribution in [0.5, 0.6) is 0 Å². The first-order chi connectivity index (χ1) is 16.1. The minimum absolute atomic E-state index is 0.0240. The lowest BCUT2D eigenvalue weighted by Gasteiger charge is -2.36. The van der Waals surface area contributed by atoms with Gasteiger partial charge >= 0.3 is 0 Å². The number of fused-ring (bicyclic) bond motifs is 1. The van der Waals surface area contributed by atoms with Gasteiger partial charge in [0.1, 0.15) is 11.5 Å².